The van der Waals surface area contributed by atoms with Crippen molar-refractivity contribution in [1.82, 2.24) is 4.90 Å². The molecule has 1 aromatic rings. The summed E-state index contributed by atoms with van der Waals surface area (Å²) in [6.45, 7) is 3.77. The Labute approximate surface area is 120 Å². The molecule has 0 aliphatic carbocycles. The Kier molecular flexibility index (Phi) is 7.02. The third-order valence-electron chi connectivity index (χ3n) is 3.19. The van der Waals surface area contributed by atoms with Crippen molar-refractivity contribution in [2.75, 3.05) is 20.1 Å². The number of halogens is 2. The van der Waals surface area contributed by atoms with E-state index in [9.17, 15) is 0 Å². The molecule has 0 fully saturated rings. The van der Waals surface area contributed by atoms with Crippen molar-refractivity contribution in [3.63, 3.8) is 0 Å². The maximum absolute atomic E-state index is 6.23. The molecule has 0 saturated heterocycles. The lowest BCUT2D eigenvalue weighted by atomic mass is 10.1. The summed E-state index contributed by atoms with van der Waals surface area (Å²) in [6.07, 6.45) is 3.64. The number of likely N-dealkylation sites (N-methyl/N-ethyl adjacent to an activating group) is 1. The zero-order valence-electron chi connectivity index (χ0n) is 11.1. The number of hydrogen-bond acceptors (Lipinski definition) is 2. The number of rotatable bonds is 7. The molecule has 1 unspecified atom stereocenters. The first-order chi connectivity index (χ1) is 8.60. The topological polar surface area (TPSA) is 29.3 Å². The van der Waals surface area contributed by atoms with E-state index >= 15 is 0 Å². The summed E-state index contributed by atoms with van der Waals surface area (Å²) < 4.78 is 0. The average molecular weight is 289 g/mol. The van der Waals surface area contributed by atoms with Gasteiger partial charge in [0.2, 0.25) is 0 Å². The monoisotopic (exact) mass is 288 g/mol. The van der Waals surface area contributed by atoms with Gasteiger partial charge < -0.3 is 5.73 Å². The lowest BCUT2D eigenvalue weighted by Crippen LogP contribution is -2.31. The fourth-order valence-corrected chi connectivity index (χ4v) is 2.51. The average Bonchev–Trinajstić information content (AvgIpc) is 2.35. The molecule has 4 heteroatoms. The molecule has 0 aliphatic heterocycles. The first-order valence-corrected chi connectivity index (χ1v) is 7.21. The van der Waals surface area contributed by atoms with Gasteiger partial charge in [0.25, 0.3) is 0 Å². The van der Waals surface area contributed by atoms with E-state index in [-0.39, 0.29) is 6.04 Å². The molecule has 102 valence electrons. The molecule has 1 atom stereocenters. The van der Waals surface area contributed by atoms with Gasteiger partial charge in [-0.25, -0.2) is 0 Å². The Bertz CT molecular complexity index is 369. The summed E-state index contributed by atoms with van der Waals surface area (Å²) in [5, 5.41) is 1.44. The second-order valence-electron chi connectivity index (χ2n) is 4.61. The van der Waals surface area contributed by atoms with Crippen LogP contribution in [0.15, 0.2) is 18.2 Å². The van der Waals surface area contributed by atoms with Gasteiger partial charge in [0, 0.05) is 22.6 Å². The fourth-order valence-electron chi connectivity index (χ4n) is 2.08. The van der Waals surface area contributed by atoms with Crippen LogP contribution < -0.4 is 5.73 Å². The molecule has 0 aromatic heterocycles. The van der Waals surface area contributed by atoms with Gasteiger partial charge in [-0.3, -0.25) is 4.90 Å². The van der Waals surface area contributed by atoms with E-state index in [2.05, 4.69) is 18.9 Å². The van der Waals surface area contributed by atoms with Gasteiger partial charge in [0.1, 0.15) is 0 Å². The Hall–Kier alpha value is -0.280. The van der Waals surface area contributed by atoms with Gasteiger partial charge in [-0.1, -0.05) is 43.0 Å². The first-order valence-electron chi connectivity index (χ1n) is 6.45. The molecule has 0 heterocycles. The second-order valence-corrected chi connectivity index (χ2v) is 5.45. The van der Waals surface area contributed by atoms with Crippen LogP contribution in [-0.4, -0.2) is 25.0 Å². The van der Waals surface area contributed by atoms with Gasteiger partial charge in [0.15, 0.2) is 0 Å². The molecule has 0 bridgehead atoms. The number of nitrogens with two attached hydrogens (primary N) is 1. The Morgan fingerprint density at radius 3 is 2.61 bits per heavy atom. The van der Waals surface area contributed by atoms with Crippen LogP contribution in [0, 0.1) is 0 Å². The Morgan fingerprint density at radius 2 is 2.00 bits per heavy atom. The quantitative estimate of drug-likeness (QED) is 0.765. The van der Waals surface area contributed by atoms with E-state index in [1.165, 1.54) is 19.3 Å². The molecule has 0 spiro atoms. The lowest BCUT2D eigenvalue weighted by Gasteiger charge is -2.28. The van der Waals surface area contributed by atoms with Crippen molar-refractivity contribution in [1.29, 1.82) is 0 Å². The van der Waals surface area contributed by atoms with Crippen LogP contribution in [0.3, 0.4) is 0 Å². The third-order valence-corrected chi connectivity index (χ3v) is 3.77. The van der Waals surface area contributed by atoms with Gasteiger partial charge in [-0.05, 0) is 43.8 Å². The SMILES string of the molecule is CCCCCN(C)C(CN)c1cc(Cl)ccc1Cl. The first kappa shape index (κ1) is 15.8. The van der Waals surface area contributed by atoms with Crippen molar-refractivity contribution in [3.05, 3.63) is 33.8 Å². The normalized spacial score (nSPS) is 13.0. The molecule has 0 amide bonds. The summed E-state index contributed by atoms with van der Waals surface area (Å²) in [7, 11) is 2.09. The molecule has 2 nitrogen and oxygen atoms in total. The molecule has 2 N–H and O–H groups in total. The van der Waals surface area contributed by atoms with Crippen molar-refractivity contribution in [2.45, 2.75) is 32.2 Å². The van der Waals surface area contributed by atoms with E-state index in [1.807, 2.05) is 12.1 Å². The summed E-state index contributed by atoms with van der Waals surface area (Å²) in [6, 6.07) is 5.69. The van der Waals surface area contributed by atoms with Crippen LogP contribution in [0.4, 0.5) is 0 Å². The molecular weight excluding hydrogens is 267 g/mol. The van der Waals surface area contributed by atoms with Crippen LogP contribution in [0.2, 0.25) is 10.0 Å². The molecule has 0 radical (unpaired) electrons. The molecule has 1 rings (SSSR count). The van der Waals surface area contributed by atoms with Gasteiger partial charge >= 0.3 is 0 Å². The zero-order chi connectivity index (χ0) is 13.5. The predicted octanol–water partition coefficient (Wildman–Crippen LogP) is 4.12. The number of benzene rings is 1. The van der Waals surface area contributed by atoms with Crippen molar-refractivity contribution >= 4 is 23.2 Å². The molecule has 1 aromatic carbocycles. The van der Waals surface area contributed by atoms with Gasteiger partial charge in [-0.15, -0.1) is 0 Å². The maximum atomic E-state index is 6.23. The van der Waals surface area contributed by atoms with Gasteiger partial charge in [-0.2, -0.15) is 0 Å². The highest BCUT2D eigenvalue weighted by atomic mass is 35.5. The van der Waals surface area contributed by atoms with E-state index in [4.69, 9.17) is 28.9 Å². The van der Waals surface area contributed by atoms with E-state index < -0.39 is 0 Å². The summed E-state index contributed by atoms with van der Waals surface area (Å²) >= 11 is 12.3. The van der Waals surface area contributed by atoms with Crippen molar-refractivity contribution < 1.29 is 0 Å². The van der Waals surface area contributed by atoms with Crippen LogP contribution in [0.1, 0.15) is 37.8 Å². The predicted molar refractivity (Wildman–Crippen MR) is 80.4 cm³/mol. The number of hydrogen-bond donors (Lipinski definition) is 1. The third kappa shape index (κ3) is 4.43. The minimum absolute atomic E-state index is 0.132. The highest BCUT2D eigenvalue weighted by molar-refractivity contribution is 6.33. The minimum Gasteiger partial charge on any atom is -0.329 e. The standard InChI is InChI=1S/C14H22Cl2N2/c1-3-4-5-8-18(2)14(10-17)12-9-11(15)6-7-13(12)16/h6-7,9,14H,3-5,8,10,17H2,1-2H3. The van der Waals surface area contributed by atoms with E-state index in [0.717, 1.165) is 17.1 Å². The number of unbranched alkanes of at least 4 members (excludes halogenated alkanes) is 2. The molecule has 0 aliphatic rings. The second kappa shape index (κ2) is 8.00. The largest absolute Gasteiger partial charge is 0.329 e. The summed E-state index contributed by atoms with van der Waals surface area (Å²) in [5.41, 5.74) is 6.90. The zero-order valence-corrected chi connectivity index (χ0v) is 12.6. The van der Waals surface area contributed by atoms with Crippen LogP contribution in [0.5, 0.6) is 0 Å². The molecular formula is C14H22Cl2N2. The minimum atomic E-state index is 0.132. The van der Waals surface area contributed by atoms with Crippen LogP contribution in [0.25, 0.3) is 0 Å². The Morgan fingerprint density at radius 1 is 1.28 bits per heavy atom. The highest BCUT2D eigenvalue weighted by Gasteiger charge is 2.18. The van der Waals surface area contributed by atoms with Crippen molar-refractivity contribution in [2.24, 2.45) is 5.73 Å². The van der Waals surface area contributed by atoms with Crippen molar-refractivity contribution in [3.8, 4) is 0 Å². The van der Waals surface area contributed by atoms with Crippen LogP contribution >= 0.6 is 23.2 Å². The highest BCUT2D eigenvalue weighted by Crippen LogP contribution is 2.29. The lowest BCUT2D eigenvalue weighted by molar-refractivity contribution is 0.245. The van der Waals surface area contributed by atoms with Crippen LogP contribution in [-0.2, 0) is 0 Å². The van der Waals surface area contributed by atoms with E-state index in [1.54, 1.807) is 6.07 Å². The summed E-state index contributed by atoms with van der Waals surface area (Å²) in [4.78, 5) is 2.26. The molecule has 0 saturated carbocycles. The molecule has 18 heavy (non-hydrogen) atoms. The smallest absolute Gasteiger partial charge is 0.0482 e. The Balaban J connectivity index is 2.78. The number of nitrogens with zero attached hydrogens (tertiary/aromatic N) is 1. The van der Waals surface area contributed by atoms with E-state index in [0.29, 0.717) is 11.6 Å². The maximum Gasteiger partial charge on any atom is 0.0482 e. The van der Waals surface area contributed by atoms with Gasteiger partial charge in [0.05, 0.1) is 0 Å². The summed E-state index contributed by atoms with van der Waals surface area (Å²) in [5.74, 6) is 0. The fraction of sp³-hybridized carbons (Fsp3) is 0.571.